The molecular weight excluding hydrogens is 729 g/mol. The minimum absolute atomic E-state index is 0.607. The molecule has 0 spiro atoms. The summed E-state index contributed by atoms with van der Waals surface area (Å²) in [6.07, 6.45) is 1.82. The summed E-state index contributed by atoms with van der Waals surface area (Å²) in [5.74, 6) is 1.84. The maximum Gasteiger partial charge on any atom is 0.164 e. The van der Waals surface area contributed by atoms with E-state index in [9.17, 15) is 0 Å². The van der Waals surface area contributed by atoms with Gasteiger partial charge in [0.25, 0.3) is 0 Å². The second kappa shape index (κ2) is 12.7. The zero-order valence-corrected chi connectivity index (χ0v) is 32.3. The predicted octanol–water partition coefficient (Wildman–Crippen LogP) is 14.4. The van der Waals surface area contributed by atoms with Crippen LogP contribution < -0.4 is 0 Å². The van der Waals surface area contributed by atoms with E-state index in [0.717, 1.165) is 38.7 Å². The van der Waals surface area contributed by atoms with Crippen LogP contribution in [0.5, 0.6) is 0 Å². The van der Waals surface area contributed by atoms with Crippen LogP contribution in [0.1, 0.15) is 0 Å². The van der Waals surface area contributed by atoms with E-state index in [0.29, 0.717) is 17.5 Å². The highest BCUT2D eigenvalue weighted by Gasteiger charge is 2.25. The topological polar surface area (TPSA) is 51.6 Å². The molecule has 276 valence electrons. The first kappa shape index (κ1) is 32.9. The van der Waals surface area contributed by atoms with Crippen molar-refractivity contribution in [3.63, 3.8) is 0 Å². The van der Waals surface area contributed by atoms with Crippen molar-refractivity contribution in [1.29, 1.82) is 0 Å². The van der Waals surface area contributed by atoms with Crippen molar-refractivity contribution in [2.45, 2.75) is 0 Å². The summed E-state index contributed by atoms with van der Waals surface area (Å²) in [6.45, 7) is 0. The Labute approximate surface area is 346 Å². The van der Waals surface area contributed by atoms with Gasteiger partial charge < -0.3 is 0 Å². The number of nitrogens with zero attached hydrogens (tertiary/aromatic N) is 4. The van der Waals surface area contributed by atoms with Crippen molar-refractivity contribution >= 4 is 32.4 Å². The number of hydrogen-bond acceptors (Lipinski definition) is 4. The smallest absolute Gasteiger partial charge is 0.164 e. The third-order valence-electron chi connectivity index (χ3n) is 12.5. The SMILES string of the molecule is c1ccc(-c2nc(-c3cc(-c4ccc5c6c(cccc46)-c4ccccc4-5)cc(-c4ccc5c6c(cccc46)-c4ccccc4-5)c3)nc(-c3cccc4ncccc34)n2)cc1. The highest BCUT2D eigenvalue weighted by atomic mass is 15.0. The number of rotatable bonds is 5. The molecule has 0 bridgehead atoms. The normalized spacial score (nSPS) is 12.0. The maximum atomic E-state index is 5.32. The van der Waals surface area contributed by atoms with Crippen LogP contribution in [0.25, 0.3) is 133 Å². The molecule has 2 heterocycles. The predicted molar refractivity (Wildman–Crippen MR) is 246 cm³/mol. The Balaban J connectivity index is 1.09. The quantitative estimate of drug-likeness (QED) is 0.175. The third kappa shape index (κ3) is 4.85. The van der Waals surface area contributed by atoms with Gasteiger partial charge in [-0.3, -0.25) is 4.98 Å². The molecule has 0 N–H and O–H groups in total. The minimum atomic E-state index is 0.607. The molecule has 2 aliphatic rings. The number of pyridine rings is 1. The summed E-state index contributed by atoms with van der Waals surface area (Å²) in [7, 11) is 0. The summed E-state index contributed by atoms with van der Waals surface area (Å²) >= 11 is 0. The fraction of sp³-hybridized carbons (Fsp3) is 0. The van der Waals surface area contributed by atoms with Gasteiger partial charge in [0, 0.05) is 28.3 Å². The maximum absolute atomic E-state index is 5.32. The molecule has 0 atom stereocenters. The summed E-state index contributed by atoms with van der Waals surface area (Å²) < 4.78 is 0. The Bertz CT molecular complexity index is 3390. The Morgan fingerprint density at radius 3 is 1.28 bits per heavy atom. The van der Waals surface area contributed by atoms with Crippen molar-refractivity contribution in [3.05, 3.63) is 194 Å². The van der Waals surface area contributed by atoms with Crippen molar-refractivity contribution < 1.29 is 0 Å². The third-order valence-corrected chi connectivity index (χ3v) is 12.5. The number of fused-ring (bicyclic) bond motifs is 7. The van der Waals surface area contributed by atoms with Crippen molar-refractivity contribution in [3.8, 4) is 101 Å². The van der Waals surface area contributed by atoms with E-state index in [1.165, 1.54) is 77.2 Å². The van der Waals surface area contributed by atoms with Crippen LogP contribution in [-0.4, -0.2) is 19.9 Å². The summed E-state index contributed by atoms with van der Waals surface area (Å²) in [5, 5.41) is 6.04. The second-order valence-corrected chi connectivity index (χ2v) is 15.7. The first-order valence-electron chi connectivity index (χ1n) is 20.4. The molecule has 60 heavy (non-hydrogen) atoms. The molecule has 4 heteroatoms. The van der Waals surface area contributed by atoms with E-state index in [-0.39, 0.29) is 0 Å². The van der Waals surface area contributed by atoms with Crippen molar-refractivity contribution in [1.82, 2.24) is 19.9 Å². The van der Waals surface area contributed by atoms with Gasteiger partial charge in [0.05, 0.1) is 5.52 Å². The first-order chi connectivity index (χ1) is 29.7. The number of benzene rings is 9. The molecule has 0 radical (unpaired) electrons. The highest BCUT2D eigenvalue weighted by molar-refractivity contribution is 6.20. The summed E-state index contributed by atoms with van der Waals surface area (Å²) in [6, 6.07) is 67.5. The van der Waals surface area contributed by atoms with Gasteiger partial charge in [-0.1, -0.05) is 158 Å². The minimum Gasteiger partial charge on any atom is -0.256 e. The zero-order chi connectivity index (χ0) is 39.3. The molecule has 2 aromatic heterocycles. The fourth-order valence-electron chi connectivity index (χ4n) is 9.83. The summed E-state index contributed by atoms with van der Waals surface area (Å²) in [5.41, 5.74) is 18.5. The first-order valence-corrected chi connectivity index (χ1v) is 20.4. The van der Waals surface area contributed by atoms with E-state index >= 15 is 0 Å². The molecule has 13 rings (SSSR count). The lowest BCUT2D eigenvalue weighted by atomic mass is 9.89. The van der Waals surface area contributed by atoms with Crippen molar-refractivity contribution in [2.75, 3.05) is 0 Å². The standard InChI is InChI=1S/C56H32N4/c1-2-12-33(13-3-1)54-58-55(60-56(59-54)50-22-10-24-51-43(50)23-11-29-57-51)36-31-34(37-25-27-48-41-16-6-4-14-39(41)46-20-8-18-44(37)52(46)48)30-35(32-36)38-26-28-49-42-17-7-5-15-40(42)47-21-9-19-45(38)53(47)49/h1-32H. The van der Waals surface area contributed by atoms with Gasteiger partial charge in [-0.05, 0) is 119 Å². The van der Waals surface area contributed by atoms with Crippen LogP contribution >= 0.6 is 0 Å². The second-order valence-electron chi connectivity index (χ2n) is 15.7. The van der Waals surface area contributed by atoms with E-state index in [1.807, 2.05) is 42.6 Å². The van der Waals surface area contributed by atoms with Gasteiger partial charge in [-0.2, -0.15) is 0 Å². The van der Waals surface area contributed by atoms with Gasteiger partial charge in [-0.15, -0.1) is 0 Å². The van der Waals surface area contributed by atoms with E-state index < -0.39 is 0 Å². The highest BCUT2D eigenvalue weighted by Crippen LogP contribution is 2.52. The molecule has 0 aliphatic heterocycles. The average molecular weight is 761 g/mol. The van der Waals surface area contributed by atoms with Gasteiger partial charge in [-0.25, -0.2) is 15.0 Å². The lowest BCUT2D eigenvalue weighted by molar-refractivity contribution is 1.08. The Morgan fingerprint density at radius 1 is 0.250 bits per heavy atom. The Hall–Kier alpha value is -8.08. The van der Waals surface area contributed by atoms with Crippen LogP contribution in [0.3, 0.4) is 0 Å². The average Bonchev–Trinajstić information content (AvgIpc) is 3.83. The van der Waals surface area contributed by atoms with Crippen LogP contribution in [0, 0.1) is 0 Å². The van der Waals surface area contributed by atoms with E-state index in [4.69, 9.17) is 15.0 Å². The van der Waals surface area contributed by atoms with Crippen molar-refractivity contribution in [2.24, 2.45) is 0 Å². The Kier molecular flexibility index (Phi) is 6.98. The molecule has 0 amide bonds. The fourth-order valence-corrected chi connectivity index (χ4v) is 9.83. The zero-order valence-electron chi connectivity index (χ0n) is 32.3. The van der Waals surface area contributed by atoms with Crippen LogP contribution in [0.15, 0.2) is 194 Å². The lowest BCUT2D eigenvalue weighted by Gasteiger charge is -2.16. The van der Waals surface area contributed by atoms with Gasteiger partial charge >= 0.3 is 0 Å². The molecule has 2 aliphatic carbocycles. The molecule has 11 aromatic rings. The molecule has 0 saturated heterocycles. The molecule has 0 fully saturated rings. The molecule has 9 aromatic carbocycles. The number of hydrogen-bond donors (Lipinski definition) is 0. The van der Waals surface area contributed by atoms with E-state index in [2.05, 4.69) is 157 Å². The van der Waals surface area contributed by atoms with Gasteiger partial charge in [0.15, 0.2) is 17.5 Å². The van der Waals surface area contributed by atoms with Gasteiger partial charge in [0.2, 0.25) is 0 Å². The van der Waals surface area contributed by atoms with E-state index in [1.54, 1.807) is 0 Å². The molecule has 0 saturated carbocycles. The molecular formula is C56H32N4. The summed E-state index contributed by atoms with van der Waals surface area (Å²) in [4.78, 5) is 20.4. The molecule has 0 unspecified atom stereocenters. The largest absolute Gasteiger partial charge is 0.256 e. The van der Waals surface area contributed by atoms with Crippen LogP contribution in [0.2, 0.25) is 0 Å². The number of aromatic nitrogens is 4. The van der Waals surface area contributed by atoms with Gasteiger partial charge in [0.1, 0.15) is 0 Å². The Morgan fingerprint density at radius 2 is 0.683 bits per heavy atom. The lowest BCUT2D eigenvalue weighted by Crippen LogP contribution is -2.01. The molecule has 4 nitrogen and oxygen atoms in total. The monoisotopic (exact) mass is 760 g/mol. The van der Waals surface area contributed by atoms with Crippen LogP contribution in [0.4, 0.5) is 0 Å². The van der Waals surface area contributed by atoms with Crippen LogP contribution in [-0.2, 0) is 0 Å².